The summed E-state index contributed by atoms with van der Waals surface area (Å²) in [5.41, 5.74) is 6.34. The first-order chi connectivity index (χ1) is 9.35. The molecule has 2 unspecified atom stereocenters. The molecule has 0 saturated heterocycles. The van der Waals surface area contributed by atoms with Crippen LogP contribution in [0.3, 0.4) is 0 Å². The smallest absolute Gasteiger partial charge is 0.260 e. The van der Waals surface area contributed by atoms with Crippen LogP contribution in [0.4, 0.5) is 4.39 Å². The van der Waals surface area contributed by atoms with Crippen molar-refractivity contribution in [1.29, 1.82) is 0 Å². The predicted molar refractivity (Wildman–Crippen MR) is 77.0 cm³/mol. The first kappa shape index (κ1) is 16.4. The molecule has 3 N–H and O–H groups in total. The average Bonchev–Trinajstić information content (AvgIpc) is 2.40. The van der Waals surface area contributed by atoms with Crippen molar-refractivity contribution in [3.8, 4) is 5.75 Å². The second-order valence-electron chi connectivity index (χ2n) is 5.05. The zero-order valence-electron chi connectivity index (χ0n) is 12.4. The summed E-state index contributed by atoms with van der Waals surface area (Å²) in [7, 11) is 0. The van der Waals surface area contributed by atoms with Crippen molar-refractivity contribution in [3.05, 3.63) is 29.6 Å². The lowest BCUT2D eigenvalue weighted by molar-refractivity contribution is -0.127. The number of amides is 1. The maximum Gasteiger partial charge on any atom is 0.260 e. The van der Waals surface area contributed by atoms with E-state index >= 15 is 0 Å². The second-order valence-corrected chi connectivity index (χ2v) is 5.05. The first-order valence-electron chi connectivity index (χ1n) is 6.87. The highest BCUT2D eigenvalue weighted by molar-refractivity contribution is 5.81. The summed E-state index contributed by atoms with van der Waals surface area (Å²) < 4.78 is 18.8. The molecule has 0 saturated carbocycles. The summed E-state index contributed by atoms with van der Waals surface area (Å²) in [6, 6.07) is 3.85. The highest BCUT2D eigenvalue weighted by Crippen LogP contribution is 2.25. The maximum atomic E-state index is 13.2. The molecule has 3 atom stereocenters. The lowest BCUT2D eigenvalue weighted by Crippen LogP contribution is -2.41. The van der Waals surface area contributed by atoms with E-state index in [9.17, 15) is 9.18 Å². The maximum absolute atomic E-state index is 13.2. The van der Waals surface area contributed by atoms with Gasteiger partial charge in [0.15, 0.2) is 6.10 Å². The number of rotatable bonds is 6. The van der Waals surface area contributed by atoms with Crippen LogP contribution in [0.15, 0.2) is 18.2 Å². The third-order valence-electron chi connectivity index (χ3n) is 3.14. The quantitative estimate of drug-likeness (QED) is 0.842. The van der Waals surface area contributed by atoms with Crippen molar-refractivity contribution in [2.45, 2.75) is 52.3 Å². The molecule has 0 aromatic heterocycles. The number of halogens is 1. The van der Waals surface area contributed by atoms with Crippen LogP contribution in [0.5, 0.6) is 5.75 Å². The van der Waals surface area contributed by atoms with E-state index in [1.807, 2.05) is 13.8 Å². The highest BCUT2D eigenvalue weighted by Gasteiger charge is 2.19. The normalized spacial score (nSPS) is 15.3. The van der Waals surface area contributed by atoms with Crippen LogP contribution < -0.4 is 15.8 Å². The summed E-state index contributed by atoms with van der Waals surface area (Å²) >= 11 is 0. The van der Waals surface area contributed by atoms with Crippen LogP contribution in [0, 0.1) is 5.82 Å². The predicted octanol–water partition coefficient (Wildman–Crippen LogP) is 2.53. The Morgan fingerprint density at radius 1 is 1.40 bits per heavy atom. The molecule has 112 valence electrons. The fraction of sp³-hybridized carbons (Fsp3) is 0.533. The number of hydrogen-bond acceptors (Lipinski definition) is 3. The molecular weight excluding hydrogens is 259 g/mol. The Balaban J connectivity index is 2.80. The number of hydrogen-bond donors (Lipinski definition) is 2. The van der Waals surface area contributed by atoms with Crippen molar-refractivity contribution in [3.63, 3.8) is 0 Å². The summed E-state index contributed by atoms with van der Waals surface area (Å²) in [4.78, 5) is 11.9. The van der Waals surface area contributed by atoms with E-state index < -0.39 is 6.10 Å². The summed E-state index contributed by atoms with van der Waals surface area (Å²) in [5.74, 6) is -0.131. The number of carbonyl (C=O) groups excluding carboxylic acids is 1. The van der Waals surface area contributed by atoms with Crippen LogP contribution in [-0.2, 0) is 4.79 Å². The Labute approximate surface area is 119 Å². The van der Waals surface area contributed by atoms with Gasteiger partial charge in [-0.05, 0) is 45.4 Å². The van der Waals surface area contributed by atoms with Crippen LogP contribution in [0.1, 0.15) is 45.7 Å². The van der Waals surface area contributed by atoms with Gasteiger partial charge in [-0.25, -0.2) is 4.39 Å². The molecule has 4 nitrogen and oxygen atoms in total. The molecule has 0 spiro atoms. The van der Waals surface area contributed by atoms with Crippen molar-refractivity contribution in [1.82, 2.24) is 5.32 Å². The number of ether oxygens (including phenoxy) is 1. The lowest BCUT2D eigenvalue weighted by Gasteiger charge is -2.20. The molecule has 0 aliphatic heterocycles. The molecule has 0 aliphatic rings. The number of benzene rings is 1. The molecule has 0 heterocycles. The SMILES string of the molecule is CCC(C)NC(=O)C(C)Oc1ccc(F)cc1[C@@H](C)N. The van der Waals surface area contributed by atoms with E-state index in [2.05, 4.69) is 5.32 Å². The third-order valence-corrected chi connectivity index (χ3v) is 3.14. The fourth-order valence-corrected chi connectivity index (χ4v) is 1.69. The van der Waals surface area contributed by atoms with E-state index in [1.54, 1.807) is 13.8 Å². The van der Waals surface area contributed by atoms with E-state index in [0.717, 1.165) is 6.42 Å². The summed E-state index contributed by atoms with van der Waals surface area (Å²) in [6.07, 6.45) is 0.187. The summed E-state index contributed by atoms with van der Waals surface area (Å²) in [5, 5.41) is 2.84. The Morgan fingerprint density at radius 3 is 2.60 bits per heavy atom. The Bertz CT molecular complexity index is 463. The Kier molecular flexibility index (Phi) is 5.95. The Hall–Kier alpha value is -1.62. The number of nitrogens with one attached hydrogen (secondary N) is 1. The zero-order valence-corrected chi connectivity index (χ0v) is 12.4. The monoisotopic (exact) mass is 282 g/mol. The van der Waals surface area contributed by atoms with Crippen molar-refractivity contribution in [2.24, 2.45) is 5.73 Å². The van der Waals surface area contributed by atoms with Gasteiger partial charge >= 0.3 is 0 Å². The highest BCUT2D eigenvalue weighted by atomic mass is 19.1. The molecule has 1 rings (SSSR count). The van der Waals surface area contributed by atoms with Crippen molar-refractivity contribution in [2.75, 3.05) is 0 Å². The molecule has 1 aromatic rings. The van der Waals surface area contributed by atoms with Gasteiger partial charge in [0.05, 0.1) is 0 Å². The van der Waals surface area contributed by atoms with Crippen LogP contribution in [0.2, 0.25) is 0 Å². The molecule has 0 aliphatic carbocycles. The molecule has 0 fully saturated rings. The van der Waals surface area contributed by atoms with Gasteiger partial charge in [0, 0.05) is 17.6 Å². The van der Waals surface area contributed by atoms with E-state index in [4.69, 9.17) is 10.5 Å². The Morgan fingerprint density at radius 2 is 2.05 bits per heavy atom. The van der Waals surface area contributed by atoms with Crippen molar-refractivity contribution >= 4 is 5.91 Å². The molecule has 1 amide bonds. The van der Waals surface area contributed by atoms with Gasteiger partial charge in [-0.3, -0.25) is 4.79 Å². The lowest BCUT2D eigenvalue weighted by atomic mass is 10.1. The van der Waals surface area contributed by atoms with Crippen LogP contribution in [0.25, 0.3) is 0 Å². The largest absolute Gasteiger partial charge is 0.481 e. The molecular formula is C15H23FN2O2. The van der Waals surface area contributed by atoms with Crippen LogP contribution in [-0.4, -0.2) is 18.1 Å². The minimum absolute atomic E-state index is 0.0923. The standard InChI is InChI=1S/C15H23FN2O2/c1-5-9(2)18-15(19)11(4)20-14-7-6-12(16)8-13(14)10(3)17/h6-11H,5,17H2,1-4H3,(H,18,19)/t9?,10-,11?/m1/s1. The van der Waals surface area contributed by atoms with Gasteiger partial charge in [0.2, 0.25) is 0 Å². The van der Waals surface area contributed by atoms with E-state index in [-0.39, 0.29) is 23.8 Å². The third kappa shape index (κ3) is 4.49. The van der Waals surface area contributed by atoms with Gasteiger partial charge in [-0.15, -0.1) is 0 Å². The zero-order chi connectivity index (χ0) is 15.3. The van der Waals surface area contributed by atoms with E-state index in [1.165, 1.54) is 18.2 Å². The van der Waals surface area contributed by atoms with Gasteiger partial charge in [-0.1, -0.05) is 6.92 Å². The molecule has 20 heavy (non-hydrogen) atoms. The number of nitrogens with two attached hydrogens (primary N) is 1. The minimum atomic E-state index is -0.660. The second kappa shape index (κ2) is 7.24. The molecule has 5 heteroatoms. The average molecular weight is 282 g/mol. The number of carbonyl (C=O) groups is 1. The van der Waals surface area contributed by atoms with E-state index in [0.29, 0.717) is 11.3 Å². The van der Waals surface area contributed by atoms with Gasteiger partial charge < -0.3 is 15.8 Å². The van der Waals surface area contributed by atoms with Crippen LogP contribution >= 0.6 is 0 Å². The topological polar surface area (TPSA) is 64.3 Å². The van der Waals surface area contributed by atoms with Gasteiger partial charge in [0.1, 0.15) is 11.6 Å². The summed E-state index contributed by atoms with van der Waals surface area (Å²) in [6.45, 7) is 7.32. The minimum Gasteiger partial charge on any atom is -0.481 e. The van der Waals surface area contributed by atoms with Crippen molar-refractivity contribution < 1.29 is 13.9 Å². The fourth-order valence-electron chi connectivity index (χ4n) is 1.69. The molecule has 0 radical (unpaired) electrons. The van der Waals surface area contributed by atoms with Gasteiger partial charge in [-0.2, -0.15) is 0 Å². The molecule has 0 bridgehead atoms. The molecule has 1 aromatic carbocycles. The van der Waals surface area contributed by atoms with Gasteiger partial charge in [0.25, 0.3) is 5.91 Å². The first-order valence-corrected chi connectivity index (χ1v) is 6.87.